The predicted octanol–water partition coefficient (Wildman–Crippen LogP) is 3.91. The Kier molecular flexibility index (Phi) is 5.39. The highest BCUT2D eigenvalue weighted by molar-refractivity contribution is 5.82. The average Bonchev–Trinajstić information content (AvgIpc) is 2.75. The minimum atomic E-state index is -0.568. The molecule has 0 bridgehead atoms. The fraction of sp³-hybridized carbons (Fsp3) is 0.348. The zero-order valence-corrected chi connectivity index (χ0v) is 16.6. The van der Waals surface area contributed by atoms with Crippen molar-refractivity contribution in [2.45, 2.75) is 25.0 Å². The van der Waals surface area contributed by atoms with Crippen LogP contribution >= 0.6 is 0 Å². The van der Waals surface area contributed by atoms with Crippen molar-refractivity contribution in [3.05, 3.63) is 75.8 Å². The van der Waals surface area contributed by atoms with Gasteiger partial charge in [-0.2, -0.15) is 0 Å². The Morgan fingerprint density at radius 1 is 1.14 bits per heavy atom. The SMILES string of the molecule is COC1(c2cc(F)cc(OCc3cccc4ccc(=O)n(C)c34)c2)CCOCC1. The first-order valence-electron chi connectivity index (χ1n) is 9.67. The van der Waals surface area contributed by atoms with Crippen LogP contribution in [0.15, 0.2) is 53.3 Å². The molecule has 0 radical (unpaired) electrons. The molecule has 0 N–H and O–H groups in total. The van der Waals surface area contributed by atoms with Gasteiger partial charge in [0, 0.05) is 57.9 Å². The van der Waals surface area contributed by atoms with E-state index in [1.54, 1.807) is 30.9 Å². The Bertz CT molecular complexity index is 1090. The van der Waals surface area contributed by atoms with Crippen LogP contribution in [0.3, 0.4) is 0 Å². The number of nitrogens with zero attached hydrogens (tertiary/aromatic N) is 1. The van der Waals surface area contributed by atoms with Crippen LogP contribution in [0, 0.1) is 5.82 Å². The van der Waals surface area contributed by atoms with Crippen LogP contribution in [0.1, 0.15) is 24.0 Å². The van der Waals surface area contributed by atoms with Crippen molar-refractivity contribution in [3.63, 3.8) is 0 Å². The Balaban J connectivity index is 1.65. The molecule has 5 nitrogen and oxygen atoms in total. The maximum absolute atomic E-state index is 14.4. The van der Waals surface area contributed by atoms with Gasteiger partial charge in [-0.05, 0) is 29.1 Å². The highest BCUT2D eigenvalue weighted by Crippen LogP contribution is 2.37. The van der Waals surface area contributed by atoms with Crippen LogP contribution in [0.25, 0.3) is 10.9 Å². The molecule has 1 aliphatic heterocycles. The number of rotatable bonds is 5. The maximum atomic E-state index is 14.4. The third-order valence-electron chi connectivity index (χ3n) is 5.71. The molecule has 0 amide bonds. The van der Waals surface area contributed by atoms with Gasteiger partial charge in [-0.15, -0.1) is 0 Å². The molecule has 0 spiro atoms. The summed E-state index contributed by atoms with van der Waals surface area (Å²) in [5.74, 6) is 0.0617. The van der Waals surface area contributed by atoms with Gasteiger partial charge in [0.2, 0.25) is 0 Å². The van der Waals surface area contributed by atoms with E-state index in [0.29, 0.717) is 31.8 Å². The lowest BCUT2D eigenvalue weighted by Crippen LogP contribution is -2.35. The Morgan fingerprint density at radius 3 is 2.69 bits per heavy atom. The van der Waals surface area contributed by atoms with E-state index in [9.17, 15) is 9.18 Å². The maximum Gasteiger partial charge on any atom is 0.250 e. The Morgan fingerprint density at radius 2 is 1.93 bits per heavy atom. The highest BCUT2D eigenvalue weighted by atomic mass is 19.1. The summed E-state index contributed by atoms with van der Waals surface area (Å²) in [4.78, 5) is 12.0. The predicted molar refractivity (Wildman–Crippen MR) is 109 cm³/mol. The molecule has 2 aromatic carbocycles. The standard InChI is InChI=1S/C23H24FNO4/c1-25-21(26)7-6-16-4-3-5-17(22(16)25)15-29-20-13-18(12-19(24)14-20)23(27-2)8-10-28-11-9-23/h3-7,12-14H,8-11,15H2,1-2H3. The lowest BCUT2D eigenvalue weighted by Gasteiger charge is -2.36. The molecule has 152 valence electrons. The van der Waals surface area contributed by atoms with Gasteiger partial charge in [-0.25, -0.2) is 4.39 Å². The largest absolute Gasteiger partial charge is 0.489 e. The van der Waals surface area contributed by atoms with E-state index in [0.717, 1.165) is 22.0 Å². The zero-order valence-electron chi connectivity index (χ0n) is 16.6. The first-order valence-corrected chi connectivity index (χ1v) is 9.67. The molecule has 0 atom stereocenters. The number of hydrogen-bond donors (Lipinski definition) is 0. The molecule has 0 unspecified atom stereocenters. The van der Waals surface area contributed by atoms with E-state index >= 15 is 0 Å². The van der Waals surface area contributed by atoms with E-state index < -0.39 is 5.60 Å². The summed E-state index contributed by atoms with van der Waals surface area (Å²) in [5, 5.41) is 0.952. The minimum Gasteiger partial charge on any atom is -0.489 e. The van der Waals surface area contributed by atoms with E-state index in [-0.39, 0.29) is 18.0 Å². The number of methoxy groups -OCH3 is 1. The van der Waals surface area contributed by atoms with E-state index in [2.05, 4.69) is 0 Å². The molecule has 29 heavy (non-hydrogen) atoms. The number of aromatic nitrogens is 1. The summed E-state index contributed by atoms with van der Waals surface area (Å²) in [6.45, 7) is 1.37. The van der Waals surface area contributed by atoms with E-state index in [4.69, 9.17) is 14.2 Å². The smallest absolute Gasteiger partial charge is 0.250 e. The molecular weight excluding hydrogens is 373 g/mol. The number of benzene rings is 2. The number of pyridine rings is 1. The number of hydrogen-bond acceptors (Lipinski definition) is 4. The summed E-state index contributed by atoms with van der Waals surface area (Å²) in [6, 6.07) is 13.8. The lowest BCUT2D eigenvalue weighted by molar-refractivity contribution is -0.0950. The normalized spacial score (nSPS) is 16.1. The van der Waals surface area contributed by atoms with Gasteiger partial charge in [0.05, 0.1) is 11.1 Å². The monoisotopic (exact) mass is 397 g/mol. The second-order valence-corrected chi connectivity index (χ2v) is 7.36. The van der Waals surface area contributed by atoms with Gasteiger partial charge in [-0.1, -0.05) is 18.2 Å². The van der Waals surface area contributed by atoms with Crippen molar-refractivity contribution in [3.8, 4) is 5.75 Å². The highest BCUT2D eigenvalue weighted by Gasteiger charge is 2.35. The zero-order chi connectivity index (χ0) is 20.4. The Labute approximate surface area is 168 Å². The average molecular weight is 397 g/mol. The third-order valence-corrected chi connectivity index (χ3v) is 5.71. The fourth-order valence-corrected chi connectivity index (χ4v) is 4.04. The molecule has 0 aliphatic carbocycles. The van der Waals surface area contributed by atoms with Crippen LogP contribution < -0.4 is 10.3 Å². The molecule has 0 saturated carbocycles. The minimum absolute atomic E-state index is 0.0838. The molecule has 1 aliphatic rings. The molecule has 3 aromatic rings. The summed E-state index contributed by atoms with van der Waals surface area (Å²) in [5.41, 5.74) is 1.78. The Hall–Kier alpha value is -2.70. The van der Waals surface area contributed by atoms with Crippen LogP contribution in [0.2, 0.25) is 0 Å². The van der Waals surface area contributed by atoms with Crippen LogP contribution in [-0.4, -0.2) is 24.9 Å². The van der Waals surface area contributed by atoms with Crippen molar-refractivity contribution < 1.29 is 18.6 Å². The van der Waals surface area contributed by atoms with Crippen molar-refractivity contribution in [2.75, 3.05) is 20.3 Å². The number of fused-ring (bicyclic) bond motifs is 1. The molecular formula is C23H24FNO4. The summed E-state index contributed by atoms with van der Waals surface area (Å²) in [6.07, 6.45) is 1.33. The second kappa shape index (κ2) is 7.97. The first-order chi connectivity index (χ1) is 14.0. The van der Waals surface area contributed by atoms with E-state index in [1.165, 1.54) is 12.1 Å². The second-order valence-electron chi connectivity index (χ2n) is 7.36. The molecule has 4 rings (SSSR count). The van der Waals surface area contributed by atoms with Crippen molar-refractivity contribution in [1.29, 1.82) is 0 Å². The van der Waals surface area contributed by atoms with E-state index in [1.807, 2.05) is 24.3 Å². The summed E-state index contributed by atoms with van der Waals surface area (Å²) < 4.78 is 33.2. The van der Waals surface area contributed by atoms with Crippen molar-refractivity contribution in [1.82, 2.24) is 4.57 Å². The molecule has 1 fully saturated rings. The lowest BCUT2D eigenvalue weighted by atomic mass is 9.86. The van der Waals surface area contributed by atoms with Gasteiger partial charge in [0.15, 0.2) is 0 Å². The van der Waals surface area contributed by atoms with Crippen molar-refractivity contribution in [2.24, 2.45) is 7.05 Å². The third kappa shape index (κ3) is 3.78. The van der Waals surface area contributed by atoms with Gasteiger partial charge in [0.1, 0.15) is 18.2 Å². The number of aryl methyl sites for hydroxylation is 1. The van der Waals surface area contributed by atoms with Gasteiger partial charge in [-0.3, -0.25) is 4.79 Å². The van der Waals surface area contributed by atoms with Crippen LogP contribution in [0.4, 0.5) is 4.39 Å². The summed E-state index contributed by atoms with van der Waals surface area (Å²) >= 11 is 0. The number of ether oxygens (including phenoxy) is 3. The van der Waals surface area contributed by atoms with Crippen LogP contribution in [0.5, 0.6) is 5.75 Å². The van der Waals surface area contributed by atoms with Gasteiger partial charge >= 0.3 is 0 Å². The van der Waals surface area contributed by atoms with Crippen molar-refractivity contribution >= 4 is 10.9 Å². The molecule has 1 aromatic heterocycles. The van der Waals surface area contributed by atoms with Crippen LogP contribution in [-0.2, 0) is 28.7 Å². The fourth-order valence-electron chi connectivity index (χ4n) is 4.04. The quantitative estimate of drug-likeness (QED) is 0.655. The molecule has 2 heterocycles. The summed E-state index contributed by atoms with van der Waals surface area (Å²) in [7, 11) is 3.38. The van der Waals surface area contributed by atoms with Gasteiger partial charge < -0.3 is 18.8 Å². The van der Waals surface area contributed by atoms with Gasteiger partial charge in [0.25, 0.3) is 5.56 Å². The number of halogens is 1. The molecule has 1 saturated heterocycles. The topological polar surface area (TPSA) is 49.7 Å². The first kappa shape index (κ1) is 19.6. The number of para-hydroxylation sites is 1. The molecule has 6 heteroatoms.